The molecule has 1 saturated heterocycles. The number of carbonyl (C=O) groups is 1. The van der Waals surface area contributed by atoms with Crippen LogP contribution >= 0.6 is 7.60 Å². The van der Waals surface area contributed by atoms with Gasteiger partial charge in [-0.05, 0) is 0 Å². The second-order valence-electron chi connectivity index (χ2n) is 6.18. The first-order chi connectivity index (χ1) is 13.2. The quantitative estimate of drug-likeness (QED) is 0.158. The van der Waals surface area contributed by atoms with Crippen LogP contribution in [0.3, 0.4) is 0 Å². The second kappa shape index (κ2) is 12.8. The lowest BCUT2D eigenvalue weighted by Crippen LogP contribution is -2.64. The van der Waals surface area contributed by atoms with Crippen LogP contribution in [0, 0.1) is 0 Å². The van der Waals surface area contributed by atoms with Crippen LogP contribution in [0.25, 0.3) is 0 Å². The highest BCUT2D eigenvalue weighted by Crippen LogP contribution is 2.41. The number of ether oxygens (including phenoxy) is 4. The normalized spacial score (nSPS) is 30.0. The number of rotatable bonds is 13. The number of nitrogens with one attached hydrogen (secondary N) is 1. The first-order valence-corrected chi connectivity index (χ1v) is 10.8. The maximum Gasteiger partial charge on any atom is 0.327 e. The fraction of sp³-hybridized carbons (Fsp3) is 0.933. The zero-order valence-corrected chi connectivity index (χ0v) is 16.8. The summed E-state index contributed by atoms with van der Waals surface area (Å²) in [5, 5.41) is 31.7. The lowest BCUT2D eigenvalue weighted by molar-refractivity contribution is -0.245. The van der Waals surface area contributed by atoms with Gasteiger partial charge >= 0.3 is 7.60 Å². The Hall–Kier alpha value is -0.660. The van der Waals surface area contributed by atoms with E-state index in [2.05, 4.69) is 5.32 Å². The Labute approximate surface area is 163 Å². The minimum absolute atomic E-state index is 0.0722. The third-order valence-electron chi connectivity index (χ3n) is 3.79. The highest BCUT2D eigenvalue weighted by molar-refractivity contribution is 7.51. The fourth-order valence-electron chi connectivity index (χ4n) is 2.41. The average Bonchev–Trinajstić information content (AvgIpc) is 2.62. The van der Waals surface area contributed by atoms with Crippen LogP contribution in [0.4, 0.5) is 0 Å². The second-order valence-corrected chi connectivity index (χ2v) is 7.99. The van der Waals surface area contributed by atoms with Gasteiger partial charge < -0.3 is 44.5 Å². The molecule has 1 aliphatic rings. The van der Waals surface area contributed by atoms with Gasteiger partial charge in [0.05, 0.1) is 39.6 Å². The average molecular weight is 431 g/mol. The molecule has 0 aromatic heterocycles. The van der Waals surface area contributed by atoms with E-state index in [9.17, 15) is 29.6 Å². The van der Waals surface area contributed by atoms with Crippen molar-refractivity contribution in [3.05, 3.63) is 0 Å². The van der Waals surface area contributed by atoms with Crippen LogP contribution in [0.15, 0.2) is 0 Å². The number of hydrogen-bond donors (Lipinski definition) is 5. The minimum atomic E-state index is -4.04. The summed E-state index contributed by atoms with van der Waals surface area (Å²) >= 11 is 0. The standard InChI is InChI=1S/C15H30NO11P/c1-23-5-6-25-8-7-24-4-3-11(18)16-12-14(20)13(19)10(9-17)26-15(12)27-28(2,21)22/h10,12-15,17,19-20H,3-9H2,1-2H3,(H,16,18)(H,21,22)/t10?,12?,13-,14+,15+/m0/s1. The number of aliphatic hydroxyl groups is 3. The molecule has 0 radical (unpaired) electrons. The maximum absolute atomic E-state index is 12.1. The molecule has 0 spiro atoms. The van der Waals surface area contributed by atoms with Gasteiger partial charge in [0.2, 0.25) is 5.91 Å². The minimum Gasteiger partial charge on any atom is -0.394 e. The summed E-state index contributed by atoms with van der Waals surface area (Å²) in [6.45, 7) is 1.85. The fourth-order valence-corrected chi connectivity index (χ4v) is 2.97. The van der Waals surface area contributed by atoms with Crippen LogP contribution in [-0.4, -0.2) is 110 Å². The molecule has 0 aromatic rings. The first-order valence-electron chi connectivity index (χ1n) is 8.74. The van der Waals surface area contributed by atoms with Gasteiger partial charge in [-0.3, -0.25) is 13.9 Å². The number of amides is 1. The van der Waals surface area contributed by atoms with E-state index in [4.69, 9.17) is 23.5 Å². The third-order valence-corrected chi connectivity index (χ3v) is 4.38. The maximum atomic E-state index is 12.1. The van der Waals surface area contributed by atoms with Gasteiger partial charge in [0, 0.05) is 20.2 Å². The molecule has 3 unspecified atom stereocenters. The van der Waals surface area contributed by atoms with Gasteiger partial charge in [-0.2, -0.15) is 0 Å². The van der Waals surface area contributed by atoms with Crippen molar-refractivity contribution in [2.45, 2.75) is 37.1 Å². The van der Waals surface area contributed by atoms with E-state index in [1.807, 2.05) is 0 Å². The van der Waals surface area contributed by atoms with Crippen LogP contribution in [0.1, 0.15) is 6.42 Å². The summed E-state index contributed by atoms with van der Waals surface area (Å²) in [5.41, 5.74) is 0. The van der Waals surface area contributed by atoms with Crippen molar-refractivity contribution >= 4 is 13.5 Å². The number of hydrogen-bond acceptors (Lipinski definition) is 10. The Kier molecular flexibility index (Phi) is 11.6. The molecule has 12 nitrogen and oxygen atoms in total. The molecule has 13 heteroatoms. The van der Waals surface area contributed by atoms with Gasteiger partial charge in [0.25, 0.3) is 0 Å². The molecule has 0 aromatic carbocycles. The van der Waals surface area contributed by atoms with Crippen molar-refractivity contribution in [2.24, 2.45) is 0 Å². The first kappa shape index (κ1) is 25.4. The van der Waals surface area contributed by atoms with Crippen LogP contribution in [0.5, 0.6) is 0 Å². The molecule has 1 rings (SSSR count). The van der Waals surface area contributed by atoms with E-state index >= 15 is 0 Å². The lowest BCUT2D eigenvalue weighted by Gasteiger charge is -2.42. The molecular weight excluding hydrogens is 401 g/mol. The summed E-state index contributed by atoms with van der Waals surface area (Å²) < 4.78 is 36.9. The number of methoxy groups -OCH3 is 1. The van der Waals surface area contributed by atoms with Crippen LogP contribution in [-0.2, 0) is 32.8 Å². The van der Waals surface area contributed by atoms with E-state index in [-0.39, 0.29) is 19.6 Å². The molecule has 28 heavy (non-hydrogen) atoms. The summed E-state index contributed by atoms with van der Waals surface area (Å²) in [6, 6.07) is -1.32. The monoisotopic (exact) mass is 431 g/mol. The zero-order chi connectivity index (χ0) is 21.2. The summed E-state index contributed by atoms with van der Waals surface area (Å²) in [6.07, 6.45) is -5.94. The van der Waals surface area contributed by atoms with Gasteiger partial charge in [-0.25, -0.2) is 0 Å². The Morgan fingerprint density at radius 3 is 2.29 bits per heavy atom. The molecule has 166 valence electrons. The Bertz CT molecular complexity index is 502. The Morgan fingerprint density at radius 1 is 1.11 bits per heavy atom. The number of aliphatic hydroxyl groups excluding tert-OH is 3. The van der Waals surface area contributed by atoms with E-state index in [1.54, 1.807) is 7.11 Å². The van der Waals surface area contributed by atoms with E-state index in [1.165, 1.54) is 0 Å². The molecule has 1 heterocycles. The van der Waals surface area contributed by atoms with E-state index in [0.29, 0.717) is 19.8 Å². The predicted molar refractivity (Wildman–Crippen MR) is 94.7 cm³/mol. The largest absolute Gasteiger partial charge is 0.394 e. The smallest absolute Gasteiger partial charge is 0.327 e. The predicted octanol–water partition coefficient (Wildman–Crippen LogP) is -2.19. The van der Waals surface area contributed by atoms with Gasteiger partial charge in [-0.1, -0.05) is 0 Å². The highest BCUT2D eigenvalue weighted by atomic mass is 31.2. The third kappa shape index (κ3) is 9.23. The zero-order valence-electron chi connectivity index (χ0n) is 15.9. The van der Waals surface area contributed by atoms with Crippen molar-refractivity contribution in [1.82, 2.24) is 5.32 Å². The Morgan fingerprint density at radius 2 is 1.71 bits per heavy atom. The topological polar surface area (TPSA) is 173 Å². The summed E-state index contributed by atoms with van der Waals surface area (Å²) in [4.78, 5) is 21.5. The molecule has 1 aliphatic heterocycles. The molecule has 0 bridgehead atoms. The van der Waals surface area contributed by atoms with E-state index in [0.717, 1.165) is 6.66 Å². The Balaban J connectivity index is 2.48. The molecule has 1 amide bonds. The molecule has 0 aliphatic carbocycles. The molecule has 1 fully saturated rings. The van der Waals surface area contributed by atoms with Gasteiger partial charge in [0.15, 0.2) is 6.29 Å². The lowest BCUT2D eigenvalue weighted by atomic mass is 9.97. The number of carbonyl (C=O) groups excluding carboxylic acids is 1. The van der Waals surface area contributed by atoms with E-state index < -0.39 is 50.8 Å². The van der Waals surface area contributed by atoms with Gasteiger partial charge in [-0.15, -0.1) is 0 Å². The van der Waals surface area contributed by atoms with Crippen molar-refractivity contribution in [3.8, 4) is 0 Å². The summed E-state index contributed by atoms with van der Waals surface area (Å²) in [7, 11) is -2.48. The molecule has 0 saturated carbocycles. The van der Waals surface area contributed by atoms with Crippen molar-refractivity contribution in [1.29, 1.82) is 0 Å². The molecular formula is C15H30NO11P. The van der Waals surface area contributed by atoms with Crippen LogP contribution in [0.2, 0.25) is 0 Å². The molecule has 6 atom stereocenters. The van der Waals surface area contributed by atoms with Crippen molar-refractivity contribution in [3.63, 3.8) is 0 Å². The molecule has 5 N–H and O–H groups in total. The van der Waals surface area contributed by atoms with Crippen molar-refractivity contribution in [2.75, 3.05) is 53.4 Å². The van der Waals surface area contributed by atoms with Crippen molar-refractivity contribution < 1.29 is 53.0 Å². The summed E-state index contributed by atoms with van der Waals surface area (Å²) in [5.74, 6) is -0.555. The SMILES string of the molecule is COCCOCCOCCC(=O)NC1[C@@H](OP(C)(=O)O)OC(CO)[C@H](O)[C@@H]1O. The van der Waals surface area contributed by atoms with Crippen LogP contribution < -0.4 is 5.32 Å². The van der Waals surface area contributed by atoms with Gasteiger partial charge in [0.1, 0.15) is 24.4 Å². The highest BCUT2D eigenvalue weighted by Gasteiger charge is 2.47.